The van der Waals surface area contributed by atoms with Crippen LogP contribution in [0.3, 0.4) is 0 Å². The molecule has 1 aliphatic heterocycles. The number of oxime groups is 1. The van der Waals surface area contributed by atoms with Gasteiger partial charge in [0, 0.05) is 11.1 Å². The molecule has 1 aromatic heterocycles. The molecule has 16 heteroatoms. The Balaban J connectivity index is 2.22. The molecule has 2 heterocycles. The summed E-state index contributed by atoms with van der Waals surface area (Å²) in [6.07, 6.45) is 0. The van der Waals surface area contributed by atoms with Gasteiger partial charge in [-0.3, -0.25) is 14.1 Å². The molecule has 0 spiro atoms. The summed E-state index contributed by atoms with van der Waals surface area (Å²) in [7, 11) is -3.60. The van der Waals surface area contributed by atoms with E-state index in [1.807, 2.05) is 0 Å². The molecule has 2 rings (SSSR count). The average molecular weight is 455 g/mol. The van der Waals surface area contributed by atoms with E-state index in [9.17, 15) is 22.6 Å². The predicted octanol–water partition coefficient (Wildman–Crippen LogP) is -1.45. The first-order valence-corrected chi connectivity index (χ1v) is 10.6. The second-order valence-corrected chi connectivity index (χ2v) is 8.89. The second kappa shape index (κ2) is 8.34. The van der Waals surface area contributed by atoms with Gasteiger partial charge >= 0.3 is 10.3 Å². The van der Waals surface area contributed by atoms with Gasteiger partial charge < -0.3 is 21.6 Å². The van der Waals surface area contributed by atoms with Crippen LogP contribution in [0.5, 0.6) is 0 Å². The molecule has 0 radical (unpaired) electrons. The molecule has 12 nitrogen and oxygen atoms in total. The lowest BCUT2D eigenvalue weighted by molar-refractivity contribution is -0.143. The Morgan fingerprint density at radius 2 is 2.30 bits per heavy atom. The number of carbonyl (C=O) groups excluding carboxylic acids is 2. The number of thioether (sulfide) groups is 1. The normalized spacial score (nSPS) is 20.1. The lowest BCUT2D eigenvalue weighted by Gasteiger charge is -2.43. The second-order valence-electron chi connectivity index (χ2n) is 4.95. The third kappa shape index (κ3) is 4.83. The fraction of sp³-hybridized carbons (Fsp3) is 0.364. The fourth-order valence-corrected chi connectivity index (χ4v) is 4.60. The van der Waals surface area contributed by atoms with Gasteiger partial charge in [0.2, 0.25) is 0 Å². The number of nitrogen functional groups attached to an aromatic ring is 1. The first-order chi connectivity index (χ1) is 12.6. The molecule has 0 aromatic carbocycles. The minimum atomic E-state index is -4.81. The number of amides is 2. The molecule has 1 saturated heterocycles. The summed E-state index contributed by atoms with van der Waals surface area (Å²) in [5, 5.41) is 7.55. The topological polar surface area (TPSA) is 190 Å². The van der Waals surface area contributed by atoms with Gasteiger partial charge in [-0.05, 0) is 0 Å². The van der Waals surface area contributed by atoms with Crippen LogP contribution in [-0.2, 0) is 24.7 Å². The van der Waals surface area contributed by atoms with Crippen LogP contribution < -0.4 is 16.8 Å². The van der Waals surface area contributed by atoms with Gasteiger partial charge in [0.25, 0.3) is 11.8 Å². The van der Waals surface area contributed by atoms with Crippen LogP contribution in [0.15, 0.2) is 10.5 Å². The lowest BCUT2D eigenvalue weighted by atomic mass is 10.0. The maximum absolute atomic E-state index is 12.5. The van der Waals surface area contributed by atoms with Crippen LogP contribution in [0.2, 0.25) is 0 Å². The zero-order valence-electron chi connectivity index (χ0n) is 13.6. The number of aromatic nitrogens is 1. The highest BCUT2D eigenvalue weighted by Gasteiger charge is 2.54. The summed E-state index contributed by atoms with van der Waals surface area (Å²) in [6.45, 7) is 0. The maximum Gasteiger partial charge on any atom is 0.362 e. The zero-order chi connectivity index (χ0) is 20.4. The van der Waals surface area contributed by atoms with Crippen molar-refractivity contribution < 1.29 is 27.4 Å². The van der Waals surface area contributed by atoms with Crippen molar-refractivity contribution in [3.63, 3.8) is 0 Å². The molecular formula is C11H14N6O6S4. The van der Waals surface area contributed by atoms with Crippen LogP contribution in [-0.4, -0.2) is 69.1 Å². The quantitative estimate of drug-likeness (QED) is 0.124. The molecular weight excluding hydrogens is 440 g/mol. The van der Waals surface area contributed by atoms with Crippen molar-refractivity contribution in [2.24, 2.45) is 10.9 Å². The van der Waals surface area contributed by atoms with E-state index in [0.29, 0.717) is 0 Å². The first-order valence-electron chi connectivity index (χ1n) is 6.92. The largest absolute Gasteiger partial charge is 0.398 e. The summed E-state index contributed by atoms with van der Waals surface area (Å²) < 4.78 is 32.2. The number of β-lactam (4-membered cyclic amide) rings is 1. The molecule has 6 N–H and O–H groups in total. The van der Waals surface area contributed by atoms with Crippen LogP contribution in [0.1, 0.15) is 5.69 Å². The van der Waals surface area contributed by atoms with Crippen LogP contribution >= 0.6 is 35.3 Å². The molecule has 148 valence electrons. The lowest BCUT2D eigenvalue weighted by Crippen LogP contribution is -2.73. The van der Waals surface area contributed by atoms with Gasteiger partial charge in [-0.1, -0.05) is 29.1 Å². The van der Waals surface area contributed by atoms with E-state index in [1.165, 1.54) is 12.5 Å². The Kier molecular flexibility index (Phi) is 6.58. The number of thiazole rings is 1. The van der Waals surface area contributed by atoms with Crippen molar-refractivity contribution in [2.45, 2.75) is 12.1 Å². The number of rotatable bonds is 7. The summed E-state index contributed by atoms with van der Waals surface area (Å²) >= 11 is 6.65. The summed E-state index contributed by atoms with van der Waals surface area (Å²) in [5.41, 5.74) is 10.7. The standard InChI is InChI=1S/C11H14N6O6S4/c1-23-16-6(4-2-25-10(12)14-4)8(18)15-7-5(3-26-11(13)24)17(9(7)19)27(20,21)22/h2,5,7H,3H2,1H3,(H2,12,14)(H2,13,24)(H,15,18)(H,20,21,22)/b16-6-/t5-,7+/m1/s1. The monoisotopic (exact) mass is 454 g/mol. The third-order valence-corrected chi connectivity index (χ3v) is 6.03. The zero-order valence-corrected chi connectivity index (χ0v) is 16.8. The Morgan fingerprint density at radius 3 is 2.78 bits per heavy atom. The van der Waals surface area contributed by atoms with Crippen LogP contribution in [0, 0.1) is 0 Å². The van der Waals surface area contributed by atoms with Crippen LogP contribution in [0.4, 0.5) is 5.13 Å². The fourth-order valence-electron chi connectivity index (χ4n) is 2.19. The summed E-state index contributed by atoms with van der Waals surface area (Å²) in [4.78, 5) is 33.1. The highest BCUT2D eigenvalue weighted by molar-refractivity contribution is 8.22. The van der Waals surface area contributed by atoms with E-state index in [2.05, 4.69) is 20.3 Å². The molecule has 27 heavy (non-hydrogen) atoms. The average Bonchev–Trinajstić information content (AvgIpc) is 2.98. The molecule has 2 amide bonds. The van der Waals surface area contributed by atoms with E-state index in [-0.39, 0.29) is 30.9 Å². The van der Waals surface area contributed by atoms with Crippen molar-refractivity contribution >= 4 is 72.6 Å². The Labute approximate surface area is 167 Å². The van der Waals surface area contributed by atoms with Gasteiger partial charge in [-0.15, -0.1) is 11.3 Å². The number of hydrogen-bond acceptors (Lipinski definition) is 11. The van der Waals surface area contributed by atoms with Crippen molar-refractivity contribution in [1.82, 2.24) is 14.6 Å². The number of thiocarbonyl (C=S) groups is 1. The molecule has 0 aliphatic carbocycles. The summed E-state index contributed by atoms with van der Waals surface area (Å²) in [6, 6.07) is -2.34. The van der Waals surface area contributed by atoms with Gasteiger partial charge in [0.15, 0.2) is 10.8 Å². The van der Waals surface area contributed by atoms with Crippen molar-refractivity contribution in [3.8, 4) is 0 Å². The van der Waals surface area contributed by atoms with Crippen molar-refractivity contribution in [2.75, 3.05) is 18.6 Å². The van der Waals surface area contributed by atoms with E-state index in [4.69, 9.17) is 23.7 Å². The van der Waals surface area contributed by atoms with E-state index < -0.39 is 34.2 Å². The number of nitrogens with zero attached hydrogens (tertiary/aromatic N) is 3. The molecule has 1 aromatic rings. The van der Waals surface area contributed by atoms with E-state index in [0.717, 1.165) is 23.1 Å². The van der Waals surface area contributed by atoms with Gasteiger partial charge in [0.05, 0.1) is 6.04 Å². The van der Waals surface area contributed by atoms with Crippen molar-refractivity contribution in [1.29, 1.82) is 0 Å². The summed E-state index contributed by atoms with van der Waals surface area (Å²) in [5.74, 6) is -1.93. The number of nitrogens with one attached hydrogen (secondary N) is 1. The molecule has 2 atom stereocenters. The maximum atomic E-state index is 12.5. The number of nitrogens with two attached hydrogens (primary N) is 2. The van der Waals surface area contributed by atoms with Gasteiger partial charge in [0.1, 0.15) is 23.2 Å². The molecule has 1 fully saturated rings. The third-order valence-electron chi connectivity index (χ3n) is 3.26. The number of carbonyl (C=O) groups is 2. The highest BCUT2D eigenvalue weighted by Crippen LogP contribution is 2.27. The van der Waals surface area contributed by atoms with Crippen molar-refractivity contribution in [3.05, 3.63) is 11.1 Å². The smallest absolute Gasteiger partial charge is 0.362 e. The minimum Gasteiger partial charge on any atom is -0.398 e. The Morgan fingerprint density at radius 1 is 1.63 bits per heavy atom. The Bertz CT molecular complexity index is 899. The minimum absolute atomic E-state index is 0.00861. The van der Waals surface area contributed by atoms with Gasteiger partial charge in [-0.2, -0.15) is 8.42 Å². The number of anilines is 1. The van der Waals surface area contributed by atoms with Crippen LogP contribution in [0.25, 0.3) is 0 Å². The predicted molar refractivity (Wildman–Crippen MR) is 103 cm³/mol. The molecule has 0 unspecified atom stereocenters. The van der Waals surface area contributed by atoms with Gasteiger partial charge in [-0.25, -0.2) is 9.29 Å². The first kappa shape index (κ1) is 21.3. The molecule has 0 bridgehead atoms. The molecule has 0 saturated carbocycles. The Hall–Kier alpha value is -2.01. The van der Waals surface area contributed by atoms with E-state index in [1.54, 1.807) is 0 Å². The highest BCUT2D eigenvalue weighted by atomic mass is 32.2. The molecule has 1 aliphatic rings. The SMILES string of the molecule is CO/N=C(\C(=O)N[C@@H]1C(=O)N(S(=O)(=O)O)[C@@H]1CSC(N)=S)c1csc(N)n1. The van der Waals surface area contributed by atoms with E-state index >= 15 is 0 Å². The number of hydrogen-bond donors (Lipinski definition) is 4.